The molecule has 0 saturated carbocycles. The normalized spacial score (nSPS) is 10.4. The largest absolute Gasteiger partial charge is 0.397 e. The van der Waals surface area contributed by atoms with Crippen LogP contribution in [0.15, 0.2) is 34.8 Å². The fourth-order valence-corrected chi connectivity index (χ4v) is 1.96. The maximum Gasteiger partial charge on any atom is 0.139 e. The van der Waals surface area contributed by atoms with Gasteiger partial charge in [-0.3, -0.25) is 0 Å². The van der Waals surface area contributed by atoms with Gasteiger partial charge >= 0.3 is 0 Å². The molecule has 0 atom stereocenters. The minimum Gasteiger partial charge on any atom is -0.397 e. The Labute approximate surface area is 116 Å². The second-order valence-corrected chi connectivity index (χ2v) is 4.86. The topological polar surface area (TPSA) is 38.0 Å². The molecule has 3 N–H and O–H groups in total. The monoisotopic (exact) mass is 332 g/mol. The van der Waals surface area contributed by atoms with Gasteiger partial charge in [-0.15, -0.1) is 0 Å². The van der Waals surface area contributed by atoms with Crippen LogP contribution in [0.2, 0.25) is 5.02 Å². The number of benzene rings is 2. The number of nitrogens with one attached hydrogen (secondary N) is 1. The van der Waals surface area contributed by atoms with Gasteiger partial charge in [0.2, 0.25) is 0 Å². The first-order valence-electron chi connectivity index (χ1n) is 4.94. The molecule has 0 aliphatic rings. The zero-order chi connectivity index (χ0) is 13.3. The lowest BCUT2D eigenvalue weighted by molar-refractivity contribution is 0.622. The van der Waals surface area contributed by atoms with Crippen LogP contribution in [-0.2, 0) is 0 Å². The van der Waals surface area contributed by atoms with E-state index < -0.39 is 11.6 Å². The van der Waals surface area contributed by atoms with Gasteiger partial charge in [-0.2, -0.15) is 0 Å². The van der Waals surface area contributed by atoms with E-state index in [0.29, 0.717) is 11.4 Å². The SMILES string of the molecule is Nc1cc(F)c(Br)cc1Nc1ccc(F)cc1Cl. The summed E-state index contributed by atoms with van der Waals surface area (Å²) in [5, 5.41) is 3.13. The summed E-state index contributed by atoms with van der Waals surface area (Å²) < 4.78 is 26.4. The van der Waals surface area contributed by atoms with E-state index in [9.17, 15) is 8.78 Å². The molecule has 2 nitrogen and oxygen atoms in total. The van der Waals surface area contributed by atoms with Crippen molar-refractivity contribution < 1.29 is 8.78 Å². The van der Waals surface area contributed by atoms with Crippen molar-refractivity contribution in [1.82, 2.24) is 0 Å². The van der Waals surface area contributed by atoms with Gasteiger partial charge in [0, 0.05) is 6.07 Å². The summed E-state index contributed by atoms with van der Waals surface area (Å²) in [5.41, 5.74) is 6.88. The van der Waals surface area contributed by atoms with Gasteiger partial charge in [0.1, 0.15) is 11.6 Å². The average Bonchev–Trinajstić information content (AvgIpc) is 2.29. The van der Waals surface area contributed by atoms with E-state index in [1.165, 1.54) is 30.3 Å². The van der Waals surface area contributed by atoms with Crippen LogP contribution >= 0.6 is 27.5 Å². The first kappa shape index (κ1) is 13.1. The van der Waals surface area contributed by atoms with E-state index in [4.69, 9.17) is 17.3 Å². The smallest absolute Gasteiger partial charge is 0.139 e. The number of anilines is 3. The fourth-order valence-electron chi connectivity index (χ4n) is 1.41. The summed E-state index contributed by atoms with van der Waals surface area (Å²) in [4.78, 5) is 0. The predicted octanol–water partition coefficient (Wildman–Crippen LogP) is 4.71. The third-order valence-corrected chi connectivity index (χ3v) is 3.21. The predicted molar refractivity (Wildman–Crippen MR) is 73.2 cm³/mol. The zero-order valence-corrected chi connectivity index (χ0v) is 11.3. The number of nitrogen functional groups attached to an aromatic ring is 1. The molecule has 2 aromatic rings. The molecule has 0 unspecified atom stereocenters. The van der Waals surface area contributed by atoms with Crippen LogP contribution in [0.3, 0.4) is 0 Å². The Morgan fingerprint density at radius 3 is 2.50 bits per heavy atom. The number of nitrogens with two attached hydrogens (primary N) is 1. The van der Waals surface area contributed by atoms with Crippen molar-refractivity contribution in [3.8, 4) is 0 Å². The van der Waals surface area contributed by atoms with Crippen LogP contribution in [0.5, 0.6) is 0 Å². The van der Waals surface area contributed by atoms with Gasteiger partial charge in [-0.1, -0.05) is 11.6 Å². The first-order valence-corrected chi connectivity index (χ1v) is 6.11. The molecule has 0 bridgehead atoms. The average molecular weight is 334 g/mol. The Balaban J connectivity index is 2.37. The molecule has 0 amide bonds. The fraction of sp³-hybridized carbons (Fsp3) is 0. The Hall–Kier alpha value is -1.33. The van der Waals surface area contributed by atoms with Crippen LogP contribution in [0.1, 0.15) is 0 Å². The molecule has 0 aliphatic carbocycles. The molecular formula is C12H8BrClF2N2. The van der Waals surface area contributed by atoms with Crippen molar-refractivity contribution in [2.45, 2.75) is 0 Å². The minimum atomic E-state index is -0.455. The molecule has 94 valence electrons. The van der Waals surface area contributed by atoms with Crippen LogP contribution in [0, 0.1) is 11.6 Å². The lowest BCUT2D eigenvalue weighted by Gasteiger charge is -2.11. The Kier molecular flexibility index (Phi) is 3.73. The summed E-state index contributed by atoms with van der Waals surface area (Å²) >= 11 is 8.93. The summed E-state index contributed by atoms with van der Waals surface area (Å²) in [6, 6.07) is 6.60. The van der Waals surface area contributed by atoms with E-state index in [1.54, 1.807) is 0 Å². The van der Waals surface area contributed by atoms with Gasteiger partial charge < -0.3 is 11.1 Å². The molecule has 0 aromatic heterocycles. The van der Waals surface area contributed by atoms with Crippen LogP contribution < -0.4 is 11.1 Å². The third kappa shape index (κ3) is 2.73. The standard InChI is InChI=1S/C12H8BrClF2N2/c13-7-4-12(10(17)5-9(7)16)18-11-2-1-6(15)3-8(11)14/h1-5,18H,17H2. The lowest BCUT2D eigenvalue weighted by Crippen LogP contribution is -1.98. The molecule has 0 saturated heterocycles. The molecular weight excluding hydrogens is 325 g/mol. The van der Waals surface area contributed by atoms with E-state index in [-0.39, 0.29) is 15.2 Å². The highest BCUT2D eigenvalue weighted by atomic mass is 79.9. The molecule has 2 rings (SSSR count). The number of hydrogen-bond donors (Lipinski definition) is 2. The van der Waals surface area contributed by atoms with E-state index >= 15 is 0 Å². The maximum atomic E-state index is 13.2. The summed E-state index contributed by atoms with van der Waals surface area (Å²) in [5.74, 6) is -0.887. The highest BCUT2D eigenvalue weighted by Crippen LogP contribution is 2.32. The van der Waals surface area contributed by atoms with E-state index in [2.05, 4.69) is 21.2 Å². The van der Waals surface area contributed by atoms with Crippen molar-refractivity contribution in [1.29, 1.82) is 0 Å². The number of hydrogen-bond acceptors (Lipinski definition) is 2. The van der Waals surface area contributed by atoms with Crippen LogP contribution in [0.25, 0.3) is 0 Å². The zero-order valence-electron chi connectivity index (χ0n) is 8.98. The van der Waals surface area contributed by atoms with Gasteiger partial charge in [-0.05, 0) is 40.2 Å². The molecule has 18 heavy (non-hydrogen) atoms. The quantitative estimate of drug-likeness (QED) is 0.781. The lowest BCUT2D eigenvalue weighted by atomic mass is 10.2. The van der Waals surface area contributed by atoms with Crippen LogP contribution in [0.4, 0.5) is 25.8 Å². The van der Waals surface area contributed by atoms with Crippen molar-refractivity contribution in [2.24, 2.45) is 0 Å². The molecule has 2 aromatic carbocycles. The molecule has 0 fully saturated rings. The highest BCUT2D eigenvalue weighted by Gasteiger charge is 2.08. The molecule has 0 aliphatic heterocycles. The van der Waals surface area contributed by atoms with Crippen molar-refractivity contribution in [3.63, 3.8) is 0 Å². The molecule has 0 heterocycles. The molecule has 6 heteroatoms. The maximum absolute atomic E-state index is 13.2. The number of rotatable bonds is 2. The minimum absolute atomic E-state index is 0.217. The van der Waals surface area contributed by atoms with Gasteiger partial charge in [-0.25, -0.2) is 8.78 Å². The second-order valence-electron chi connectivity index (χ2n) is 3.60. The first-order chi connectivity index (χ1) is 8.47. The van der Waals surface area contributed by atoms with Gasteiger partial charge in [0.25, 0.3) is 0 Å². The Morgan fingerprint density at radius 2 is 1.83 bits per heavy atom. The van der Waals surface area contributed by atoms with Crippen molar-refractivity contribution in [3.05, 3.63) is 51.5 Å². The van der Waals surface area contributed by atoms with Gasteiger partial charge in [0.15, 0.2) is 0 Å². The van der Waals surface area contributed by atoms with Crippen LogP contribution in [-0.4, -0.2) is 0 Å². The Bertz CT molecular complexity index is 605. The third-order valence-electron chi connectivity index (χ3n) is 2.29. The highest BCUT2D eigenvalue weighted by molar-refractivity contribution is 9.10. The van der Waals surface area contributed by atoms with Crippen molar-refractivity contribution >= 4 is 44.6 Å². The van der Waals surface area contributed by atoms with E-state index in [1.807, 2.05) is 0 Å². The second kappa shape index (κ2) is 5.12. The summed E-state index contributed by atoms with van der Waals surface area (Å²) in [6.45, 7) is 0. The summed E-state index contributed by atoms with van der Waals surface area (Å²) in [6.07, 6.45) is 0. The van der Waals surface area contributed by atoms with E-state index in [0.717, 1.165) is 0 Å². The van der Waals surface area contributed by atoms with Crippen molar-refractivity contribution in [2.75, 3.05) is 11.1 Å². The number of halogens is 4. The Morgan fingerprint density at radius 1 is 1.11 bits per heavy atom. The molecule has 0 spiro atoms. The summed E-state index contributed by atoms with van der Waals surface area (Å²) in [7, 11) is 0. The van der Waals surface area contributed by atoms with Gasteiger partial charge in [0.05, 0.1) is 26.6 Å². The molecule has 0 radical (unpaired) electrons.